The lowest BCUT2D eigenvalue weighted by molar-refractivity contribution is 0.481. The van der Waals surface area contributed by atoms with Crippen LogP contribution in [0, 0.1) is 0 Å². The summed E-state index contributed by atoms with van der Waals surface area (Å²) in [5, 5.41) is 7.49. The Hall–Kier alpha value is -2.14. The molecule has 0 radical (unpaired) electrons. The van der Waals surface area contributed by atoms with E-state index in [0.717, 1.165) is 12.1 Å². The molecule has 10 heteroatoms. The summed E-state index contributed by atoms with van der Waals surface area (Å²) < 4.78 is 61.9. The Morgan fingerprint density at radius 2 is 1.05 bits per heavy atom. The van der Waals surface area contributed by atoms with E-state index in [9.17, 15) is 16.8 Å². The van der Waals surface area contributed by atoms with Gasteiger partial charge in [-0.15, -0.1) is 0 Å². The van der Waals surface area contributed by atoms with E-state index in [-0.39, 0.29) is 21.2 Å². The van der Waals surface area contributed by atoms with Crippen molar-refractivity contribution in [2.45, 2.75) is 9.79 Å². The quantitative estimate of drug-likeness (QED) is 0.648. The molecule has 0 aliphatic rings. The van der Waals surface area contributed by atoms with Gasteiger partial charge < -0.3 is 0 Å². The predicted molar refractivity (Wildman–Crippen MR) is 76.7 cm³/mol. The highest BCUT2D eigenvalue weighted by atomic mass is 32.2. The van der Waals surface area contributed by atoms with Crippen LogP contribution >= 0.6 is 0 Å². The predicted octanol–water partition coefficient (Wildman–Crippen LogP) is 2.60. The van der Waals surface area contributed by atoms with Gasteiger partial charge in [0.15, 0.2) is 0 Å². The van der Waals surface area contributed by atoms with Crippen LogP contribution in [0.25, 0.3) is 0 Å². The molecule has 116 valence electrons. The van der Waals surface area contributed by atoms with Crippen LogP contribution in [0.3, 0.4) is 0 Å². The highest BCUT2D eigenvalue weighted by molar-refractivity contribution is 7.86. The lowest BCUT2D eigenvalue weighted by atomic mass is 10.3. The molecule has 0 unspecified atom stereocenters. The van der Waals surface area contributed by atoms with Crippen LogP contribution in [0.15, 0.2) is 68.6 Å². The van der Waals surface area contributed by atoms with E-state index >= 15 is 0 Å². The van der Waals surface area contributed by atoms with Crippen molar-refractivity contribution >= 4 is 31.6 Å². The summed E-state index contributed by atoms with van der Waals surface area (Å²) in [6.45, 7) is 0. The first-order valence-electron chi connectivity index (χ1n) is 5.73. The summed E-state index contributed by atoms with van der Waals surface area (Å²) in [4.78, 5) is -0.675. The summed E-state index contributed by atoms with van der Waals surface area (Å²) in [6.07, 6.45) is 0. The van der Waals surface area contributed by atoms with E-state index in [1.807, 2.05) is 0 Å². The fraction of sp³-hybridized carbons (Fsp3) is 0. The van der Waals surface area contributed by atoms with Gasteiger partial charge in [-0.05, 0) is 36.4 Å². The zero-order valence-electron chi connectivity index (χ0n) is 10.9. The van der Waals surface area contributed by atoms with Gasteiger partial charge in [0.2, 0.25) is 0 Å². The largest absolute Gasteiger partial charge is 0.294 e. The third kappa shape index (κ3) is 4.18. The topological polar surface area (TPSA) is 133 Å². The fourth-order valence-corrected chi connectivity index (χ4v) is 2.57. The fourth-order valence-electron chi connectivity index (χ4n) is 1.53. The normalized spacial score (nSPS) is 12.6. The van der Waals surface area contributed by atoms with E-state index in [1.54, 1.807) is 0 Å². The number of hydrogen-bond acceptors (Lipinski definition) is 6. The van der Waals surface area contributed by atoms with E-state index in [2.05, 4.69) is 10.2 Å². The van der Waals surface area contributed by atoms with Crippen molar-refractivity contribution in [1.82, 2.24) is 0 Å². The molecule has 2 N–H and O–H groups in total. The highest BCUT2D eigenvalue weighted by Crippen LogP contribution is 2.23. The van der Waals surface area contributed by atoms with E-state index in [4.69, 9.17) is 9.11 Å². The van der Waals surface area contributed by atoms with Crippen molar-refractivity contribution < 1.29 is 25.9 Å². The first-order valence-corrected chi connectivity index (χ1v) is 8.61. The van der Waals surface area contributed by atoms with Crippen LogP contribution in [0.4, 0.5) is 11.4 Å². The van der Waals surface area contributed by atoms with Crippen LogP contribution in [0.2, 0.25) is 0 Å². The molecule has 0 saturated carbocycles. The maximum atomic E-state index is 11.0. The molecule has 2 aromatic rings. The van der Waals surface area contributed by atoms with E-state index < -0.39 is 20.2 Å². The van der Waals surface area contributed by atoms with Gasteiger partial charge in [0.1, 0.15) is 0 Å². The molecule has 0 aliphatic carbocycles. The summed E-state index contributed by atoms with van der Waals surface area (Å²) in [5.41, 5.74) is 0.291. The van der Waals surface area contributed by atoms with Crippen LogP contribution in [0.1, 0.15) is 0 Å². The Morgan fingerprint density at radius 3 is 1.36 bits per heavy atom. The molecule has 0 atom stereocenters. The summed E-state index contributed by atoms with van der Waals surface area (Å²) in [5.74, 6) is 0. The van der Waals surface area contributed by atoms with Gasteiger partial charge in [0.05, 0.1) is 21.2 Å². The monoisotopic (exact) mass is 342 g/mol. The second kappa shape index (κ2) is 5.93. The molecule has 22 heavy (non-hydrogen) atoms. The minimum absolute atomic E-state index is 0.146. The Kier molecular flexibility index (Phi) is 4.37. The maximum absolute atomic E-state index is 11.0. The van der Waals surface area contributed by atoms with Gasteiger partial charge >= 0.3 is 0 Å². The molecule has 0 heterocycles. The standard InChI is InChI=1S/C12H10N2O6S2/c15-21(16,17)11-5-1-3-9(7-11)13-14-10-4-2-6-12(8-10)22(18,19)20/h1-8H,(H,15,16,17)(H,18,19,20)/b14-13+. The smallest absolute Gasteiger partial charge is 0.282 e. The lowest BCUT2D eigenvalue weighted by Gasteiger charge is -1.99. The maximum Gasteiger partial charge on any atom is 0.294 e. The molecule has 0 amide bonds. The Bertz CT molecular complexity index is 858. The van der Waals surface area contributed by atoms with Gasteiger partial charge in [-0.25, -0.2) is 0 Å². The minimum Gasteiger partial charge on any atom is -0.282 e. The second-order valence-corrected chi connectivity index (χ2v) is 6.99. The van der Waals surface area contributed by atoms with Gasteiger partial charge in [-0.2, -0.15) is 27.1 Å². The number of benzene rings is 2. The first kappa shape index (κ1) is 16.2. The molecular weight excluding hydrogens is 332 g/mol. The van der Waals surface area contributed by atoms with Gasteiger partial charge in [0.25, 0.3) is 20.2 Å². The number of rotatable bonds is 4. The van der Waals surface area contributed by atoms with Crippen LogP contribution in [-0.2, 0) is 20.2 Å². The van der Waals surface area contributed by atoms with Gasteiger partial charge in [-0.1, -0.05) is 12.1 Å². The molecule has 0 bridgehead atoms. The van der Waals surface area contributed by atoms with E-state index in [0.29, 0.717) is 0 Å². The Balaban J connectivity index is 2.34. The number of hydrogen-bond donors (Lipinski definition) is 2. The molecule has 0 spiro atoms. The van der Waals surface area contributed by atoms with Crippen LogP contribution in [0.5, 0.6) is 0 Å². The van der Waals surface area contributed by atoms with Crippen LogP contribution in [-0.4, -0.2) is 25.9 Å². The van der Waals surface area contributed by atoms with Crippen molar-refractivity contribution in [1.29, 1.82) is 0 Å². The molecule has 8 nitrogen and oxygen atoms in total. The molecule has 2 aromatic carbocycles. The first-order chi connectivity index (χ1) is 10.2. The van der Waals surface area contributed by atoms with Crippen molar-refractivity contribution in [3.05, 3.63) is 48.5 Å². The third-order valence-electron chi connectivity index (χ3n) is 2.51. The van der Waals surface area contributed by atoms with Crippen LogP contribution < -0.4 is 0 Å². The molecule has 0 aromatic heterocycles. The number of nitrogens with zero attached hydrogens (tertiary/aromatic N) is 2. The summed E-state index contributed by atoms with van der Waals surface area (Å²) in [7, 11) is -8.70. The Labute approximate surface area is 126 Å². The molecular formula is C12H10N2O6S2. The highest BCUT2D eigenvalue weighted by Gasteiger charge is 2.10. The third-order valence-corrected chi connectivity index (χ3v) is 4.21. The number of azo groups is 1. The average molecular weight is 342 g/mol. The average Bonchev–Trinajstić information content (AvgIpc) is 2.44. The lowest BCUT2D eigenvalue weighted by Crippen LogP contribution is -1.97. The van der Waals surface area contributed by atoms with Gasteiger partial charge in [-0.3, -0.25) is 9.11 Å². The molecule has 0 aliphatic heterocycles. The summed E-state index contributed by atoms with van der Waals surface area (Å²) in [6, 6.07) is 10.2. The second-order valence-electron chi connectivity index (χ2n) is 4.14. The van der Waals surface area contributed by atoms with E-state index in [1.165, 1.54) is 36.4 Å². The van der Waals surface area contributed by atoms with Gasteiger partial charge in [0, 0.05) is 0 Å². The molecule has 0 saturated heterocycles. The van der Waals surface area contributed by atoms with Crippen molar-refractivity contribution in [3.8, 4) is 0 Å². The van der Waals surface area contributed by atoms with Crippen molar-refractivity contribution in [3.63, 3.8) is 0 Å². The molecule has 2 rings (SSSR count). The minimum atomic E-state index is -4.35. The summed E-state index contributed by atoms with van der Waals surface area (Å²) >= 11 is 0. The van der Waals surface area contributed by atoms with Crippen molar-refractivity contribution in [2.75, 3.05) is 0 Å². The Morgan fingerprint density at radius 1 is 0.682 bits per heavy atom. The van der Waals surface area contributed by atoms with Crippen molar-refractivity contribution in [2.24, 2.45) is 10.2 Å². The zero-order valence-corrected chi connectivity index (χ0v) is 12.5. The molecule has 0 fully saturated rings. The SMILES string of the molecule is O=S(=O)(O)c1cccc(/N=N/c2cccc(S(=O)(=O)O)c2)c1. The zero-order chi connectivity index (χ0) is 16.4.